The van der Waals surface area contributed by atoms with Gasteiger partial charge in [-0.1, -0.05) is 43.7 Å². The summed E-state index contributed by atoms with van der Waals surface area (Å²) < 4.78 is 5.56. The van der Waals surface area contributed by atoms with Crippen molar-refractivity contribution in [3.63, 3.8) is 0 Å². The summed E-state index contributed by atoms with van der Waals surface area (Å²) in [4.78, 5) is 27.2. The van der Waals surface area contributed by atoms with Gasteiger partial charge in [-0.15, -0.1) is 0 Å². The molecule has 24 heavy (non-hydrogen) atoms. The highest BCUT2D eigenvalue weighted by atomic mass is 16.6. The summed E-state index contributed by atoms with van der Waals surface area (Å²) in [7, 11) is 0. The summed E-state index contributed by atoms with van der Waals surface area (Å²) in [6.45, 7) is 9.70. The lowest BCUT2D eigenvalue weighted by Crippen LogP contribution is -2.40. The van der Waals surface area contributed by atoms with Gasteiger partial charge in [-0.3, -0.25) is 9.59 Å². The maximum atomic E-state index is 12.7. The zero-order valence-electron chi connectivity index (χ0n) is 15.4. The predicted molar refractivity (Wildman–Crippen MR) is 94.4 cm³/mol. The molecule has 2 unspecified atom stereocenters. The van der Waals surface area contributed by atoms with Crippen LogP contribution in [0.5, 0.6) is 0 Å². The van der Waals surface area contributed by atoms with Crippen LogP contribution in [-0.4, -0.2) is 28.4 Å². The van der Waals surface area contributed by atoms with Crippen LogP contribution in [0.2, 0.25) is 0 Å². The third-order valence-corrected chi connectivity index (χ3v) is 4.50. The van der Waals surface area contributed by atoms with E-state index in [4.69, 9.17) is 4.74 Å². The van der Waals surface area contributed by atoms with Gasteiger partial charge in [0.05, 0.1) is 12.0 Å². The molecule has 1 amide bonds. The van der Waals surface area contributed by atoms with Crippen molar-refractivity contribution in [3.05, 3.63) is 35.9 Å². The molecule has 0 aliphatic carbocycles. The minimum Gasteiger partial charge on any atom is -0.460 e. The van der Waals surface area contributed by atoms with Crippen molar-refractivity contribution >= 4 is 11.9 Å². The number of amides is 1. The first kappa shape index (κ1) is 18.5. The van der Waals surface area contributed by atoms with Gasteiger partial charge in [-0.2, -0.15) is 0 Å². The van der Waals surface area contributed by atoms with Crippen molar-refractivity contribution in [1.29, 1.82) is 0 Å². The molecule has 132 valence electrons. The number of hydrogen-bond donors (Lipinski definition) is 0. The van der Waals surface area contributed by atoms with Crippen LogP contribution in [-0.2, 0) is 14.3 Å². The maximum Gasteiger partial charge on any atom is 0.312 e. The number of hydrogen-bond acceptors (Lipinski definition) is 3. The first-order chi connectivity index (χ1) is 11.2. The molecule has 1 fully saturated rings. The lowest BCUT2D eigenvalue weighted by atomic mass is 9.95. The van der Waals surface area contributed by atoms with E-state index in [-0.39, 0.29) is 36.3 Å². The van der Waals surface area contributed by atoms with Crippen molar-refractivity contribution in [2.24, 2.45) is 5.92 Å². The number of nitrogens with zero attached hydrogens (tertiary/aromatic N) is 1. The van der Waals surface area contributed by atoms with E-state index in [1.807, 2.05) is 62.9 Å². The summed E-state index contributed by atoms with van der Waals surface area (Å²) in [5.41, 5.74) is 0.562. The summed E-state index contributed by atoms with van der Waals surface area (Å²) in [5.74, 6) is -0.583. The number of esters is 1. The predicted octanol–water partition coefficient (Wildman–Crippen LogP) is 4.11. The molecule has 1 saturated heterocycles. The molecule has 1 aromatic carbocycles. The van der Waals surface area contributed by atoms with E-state index in [9.17, 15) is 9.59 Å². The molecule has 3 atom stereocenters. The zero-order valence-corrected chi connectivity index (χ0v) is 15.4. The number of likely N-dealkylation sites (tertiary alicyclic amines) is 1. The summed E-state index contributed by atoms with van der Waals surface area (Å²) in [6.07, 6.45) is 1.98. The second kappa shape index (κ2) is 7.37. The van der Waals surface area contributed by atoms with Crippen LogP contribution in [0.4, 0.5) is 0 Å². The normalized spacial score (nSPS) is 22.5. The van der Waals surface area contributed by atoms with E-state index in [0.717, 1.165) is 18.4 Å². The zero-order chi connectivity index (χ0) is 17.9. The number of rotatable bonds is 5. The molecule has 1 aliphatic heterocycles. The average molecular weight is 331 g/mol. The Morgan fingerprint density at radius 2 is 1.92 bits per heavy atom. The van der Waals surface area contributed by atoms with E-state index < -0.39 is 5.60 Å². The van der Waals surface area contributed by atoms with Gasteiger partial charge in [0.2, 0.25) is 5.91 Å². The lowest BCUT2D eigenvalue weighted by molar-refractivity contribution is -0.161. The summed E-state index contributed by atoms with van der Waals surface area (Å²) in [5, 5.41) is 0. The minimum absolute atomic E-state index is 0.0392. The van der Waals surface area contributed by atoms with Gasteiger partial charge in [0.25, 0.3) is 0 Å². The van der Waals surface area contributed by atoms with Gasteiger partial charge < -0.3 is 9.64 Å². The molecule has 1 heterocycles. The van der Waals surface area contributed by atoms with Crippen molar-refractivity contribution in [1.82, 2.24) is 4.90 Å². The fraction of sp³-hybridized carbons (Fsp3) is 0.600. The topological polar surface area (TPSA) is 46.6 Å². The average Bonchev–Trinajstić information content (AvgIpc) is 2.83. The highest BCUT2D eigenvalue weighted by Gasteiger charge is 2.46. The third-order valence-electron chi connectivity index (χ3n) is 4.50. The molecule has 0 bridgehead atoms. The van der Waals surface area contributed by atoms with Crippen LogP contribution in [0.3, 0.4) is 0 Å². The molecule has 0 saturated carbocycles. The minimum atomic E-state index is -0.532. The molecular formula is C20H29NO3. The second-order valence-corrected chi connectivity index (χ2v) is 7.59. The van der Waals surface area contributed by atoms with Crippen molar-refractivity contribution in [2.45, 2.75) is 71.6 Å². The summed E-state index contributed by atoms with van der Waals surface area (Å²) >= 11 is 0. The van der Waals surface area contributed by atoms with Gasteiger partial charge in [-0.05, 0) is 39.7 Å². The van der Waals surface area contributed by atoms with Gasteiger partial charge in [0.1, 0.15) is 5.60 Å². The molecule has 0 aromatic heterocycles. The molecule has 0 N–H and O–H groups in total. The SMILES string of the molecule is CCCC1C(C(=O)OC(C)(C)C)CC(=O)N1[C@H](C)c1ccccc1. The Bertz CT molecular complexity index is 576. The van der Waals surface area contributed by atoms with Crippen LogP contribution in [0, 0.1) is 5.92 Å². The molecule has 4 nitrogen and oxygen atoms in total. The highest BCUT2D eigenvalue weighted by molar-refractivity contribution is 5.88. The molecule has 4 heteroatoms. The second-order valence-electron chi connectivity index (χ2n) is 7.59. The van der Waals surface area contributed by atoms with E-state index in [0.29, 0.717) is 0 Å². The molecular weight excluding hydrogens is 302 g/mol. The van der Waals surface area contributed by atoms with E-state index in [1.165, 1.54) is 0 Å². The van der Waals surface area contributed by atoms with Gasteiger partial charge in [0.15, 0.2) is 0 Å². The largest absolute Gasteiger partial charge is 0.460 e. The maximum absolute atomic E-state index is 12.7. The number of ether oxygens (including phenoxy) is 1. The van der Waals surface area contributed by atoms with E-state index >= 15 is 0 Å². The molecule has 1 aromatic rings. The van der Waals surface area contributed by atoms with Gasteiger partial charge >= 0.3 is 5.97 Å². The van der Waals surface area contributed by atoms with Crippen molar-refractivity contribution in [2.75, 3.05) is 0 Å². The van der Waals surface area contributed by atoms with Gasteiger partial charge in [0, 0.05) is 12.5 Å². The van der Waals surface area contributed by atoms with Gasteiger partial charge in [-0.25, -0.2) is 0 Å². The van der Waals surface area contributed by atoms with Crippen LogP contribution in [0.25, 0.3) is 0 Å². The Morgan fingerprint density at radius 1 is 1.29 bits per heavy atom. The van der Waals surface area contributed by atoms with E-state index in [2.05, 4.69) is 6.92 Å². The standard InChI is InChI=1S/C20H29NO3/c1-6-10-17-16(19(23)24-20(3,4)5)13-18(22)21(17)14(2)15-11-8-7-9-12-15/h7-9,11-12,14,16-17H,6,10,13H2,1-5H3/t14-,16?,17?/m1/s1. The van der Waals surface area contributed by atoms with E-state index in [1.54, 1.807) is 0 Å². The smallest absolute Gasteiger partial charge is 0.312 e. The number of carbonyl (C=O) groups is 2. The highest BCUT2D eigenvalue weighted by Crippen LogP contribution is 2.37. The van der Waals surface area contributed by atoms with Crippen LogP contribution < -0.4 is 0 Å². The lowest BCUT2D eigenvalue weighted by Gasteiger charge is -2.33. The Labute approximate surface area is 145 Å². The number of carbonyl (C=O) groups excluding carboxylic acids is 2. The molecule has 0 spiro atoms. The Hall–Kier alpha value is -1.84. The van der Waals surface area contributed by atoms with Crippen LogP contribution in [0.15, 0.2) is 30.3 Å². The van der Waals surface area contributed by atoms with Crippen LogP contribution in [0.1, 0.15) is 65.5 Å². The Morgan fingerprint density at radius 3 is 2.46 bits per heavy atom. The first-order valence-corrected chi connectivity index (χ1v) is 8.83. The Kier molecular flexibility index (Phi) is 5.68. The van der Waals surface area contributed by atoms with Crippen molar-refractivity contribution in [3.8, 4) is 0 Å². The fourth-order valence-electron chi connectivity index (χ4n) is 3.46. The monoisotopic (exact) mass is 331 g/mol. The van der Waals surface area contributed by atoms with Crippen molar-refractivity contribution < 1.29 is 14.3 Å². The molecule has 1 aliphatic rings. The molecule has 0 radical (unpaired) electrons. The number of benzene rings is 1. The Balaban J connectivity index is 2.25. The fourth-order valence-corrected chi connectivity index (χ4v) is 3.46. The third kappa shape index (κ3) is 4.16. The summed E-state index contributed by atoms with van der Waals surface area (Å²) in [6, 6.07) is 9.85. The first-order valence-electron chi connectivity index (χ1n) is 8.83. The molecule has 2 rings (SSSR count). The quantitative estimate of drug-likeness (QED) is 0.763. The van der Waals surface area contributed by atoms with Crippen LogP contribution >= 0.6 is 0 Å².